The number of para-hydroxylation sites is 2. The summed E-state index contributed by atoms with van der Waals surface area (Å²) in [6.45, 7) is 0. The molecule has 0 radical (unpaired) electrons. The van der Waals surface area contributed by atoms with Gasteiger partial charge < -0.3 is 14.7 Å². The highest BCUT2D eigenvalue weighted by Crippen LogP contribution is 2.52. The Morgan fingerprint density at radius 1 is 0.100 bits per heavy atom. The summed E-state index contributed by atoms with van der Waals surface area (Å²) in [5.41, 5.74) is 29.7. The van der Waals surface area contributed by atoms with Crippen molar-refractivity contribution in [2.45, 2.75) is 0 Å². The quantitative estimate of drug-likeness (QED) is 0.0842. The molecule has 3 nitrogen and oxygen atoms in total. The Labute approximate surface area is 883 Å². The van der Waals surface area contributed by atoms with E-state index in [1.165, 1.54) is 214 Å². The molecule has 0 fully saturated rings. The number of benzene rings is 26. The van der Waals surface area contributed by atoms with Gasteiger partial charge in [-0.3, -0.25) is 0 Å². The monoisotopic (exact) mass is 1960 g/mol. The molecule has 0 spiro atoms. The number of fused-ring (bicyclic) bond motifs is 21. The second kappa shape index (κ2) is 39.4. The van der Waals surface area contributed by atoms with E-state index in [0.29, 0.717) is 0 Å². The maximum Gasteiger partial charge on any atom is 0.0462 e. The Balaban J connectivity index is 0.000000111. The second-order valence-corrected chi connectivity index (χ2v) is 41.4. The van der Waals surface area contributed by atoms with Gasteiger partial charge in [0.15, 0.2) is 0 Å². The summed E-state index contributed by atoms with van der Waals surface area (Å²) < 4.78 is 8.08. The Hall–Kier alpha value is -18.7. The molecule has 0 saturated heterocycles. The van der Waals surface area contributed by atoms with Crippen LogP contribution in [0.3, 0.4) is 0 Å². The topological polar surface area (TPSA) is 9.72 Å². The van der Waals surface area contributed by atoms with Gasteiger partial charge in [0.2, 0.25) is 0 Å². The molecule has 29 rings (SSSR count). The zero-order valence-electron chi connectivity index (χ0n) is 81.9. The van der Waals surface area contributed by atoms with Gasteiger partial charge in [-0.05, 0) is 247 Å². The van der Waals surface area contributed by atoms with Gasteiger partial charge in [0, 0.05) is 128 Å². The summed E-state index contributed by atoms with van der Waals surface area (Å²) >= 11 is 5.76. The summed E-state index contributed by atoms with van der Waals surface area (Å²) in [6, 6.07) is 209. The first kappa shape index (κ1) is 90.1. The van der Waals surface area contributed by atoms with Crippen LogP contribution in [0.4, 0.5) is 51.2 Å². The SMILES string of the molecule is c1ccc(-c2ccc(-c3ccc(N(c4ccccc4)c4ccc(-c5cccc6c5sc5c6ccc6ccc7ccccc7c65)cc4)cc3)cc2)cc1.c1ccc(-c2ccc(N(c3ccc(-c4ccccc4)cc3)c3ccc(-c4cccc5c4sc4c5ccc5ccc6ccccc6c54)cc3)cc2)cc1.c1ccc(-c2ccc(N(c3ccccc3)c3ccc(-c4cccc5c4sc4c5ccc5ccc6ccccc6c54)cc3)cc2)cc1. The number of hydrogen-bond donors (Lipinski definition) is 0. The van der Waals surface area contributed by atoms with E-state index in [2.05, 4.69) is 591 Å². The largest absolute Gasteiger partial charge is 0.311 e. The van der Waals surface area contributed by atoms with Gasteiger partial charge in [-0.1, -0.05) is 467 Å². The summed E-state index contributed by atoms with van der Waals surface area (Å²) in [7, 11) is 0. The molecule has 0 N–H and O–H groups in total. The van der Waals surface area contributed by atoms with Crippen LogP contribution in [0.25, 0.3) is 214 Å². The van der Waals surface area contributed by atoms with Gasteiger partial charge in [-0.25, -0.2) is 0 Å². The molecule has 0 aliphatic rings. The van der Waals surface area contributed by atoms with Gasteiger partial charge >= 0.3 is 0 Å². The smallest absolute Gasteiger partial charge is 0.0462 e. The van der Waals surface area contributed by atoms with Crippen LogP contribution in [0, 0.1) is 0 Å². The molecule has 0 saturated carbocycles. The predicted molar refractivity (Wildman–Crippen MR) is 651 cm³/mol. The summed E-state index contributed by atoms with van der Waals surface area (Å²) in [4.78, 5) is 7.02. The fourth-order valence-corrected chi connectivity index (χ4v) is 26.4. The molecule has 0 unspecified atom stereocenters. The molecular weight excluding hydrogens is 1870 g/mol. The number of rotatable bonds is 17. The molecule has 150 heavy (non-hydrogen) atoms. The van der Waals surface area contributed by atoms with E-state index < -0.39 is 0 Å². The molecule has 0 aliphatic heterocycles. The average molecular weight is 1960 g/mol. The van der Waals surface area contributed by atoms with Crippen molar-refractivity contribution in [2.24, 2.45) is 0 Å². The second-order valence-electron chi connectivity index (χ2n) is 38.4. The van der Waals surface area contributed by atoms with Crippen molar-refractivity contribution >= 4 is 210 Å². The molecule has 0 amide bonds. The Bertz CT molecular complexity index is 9960. The minimum absolute atomic E-state index is 1.12. The molecule has 29 aromatic rings. The molecule has 0 bridgehead atoms. The number of nitrogens with zero attached hydrogens (tertiary/aromatic N) is 3. The molecular formula is C144H95N3S3. The molecule has 704 valence electrons. The maximum absolute atomic E-state index is 2.35. The highest BCUT2D eigenvalue weighted by atomic mass is 32.1. The first-order valence-corrected chi connectivity index (χ1v) is 53.6. The fourth-order valence-electron chi connectivity index (χ4n) is 22.2. The van der Waals surface area contributed by atoms with E-state index in [-0.39, 0.29) is 0 Å². The van der Waals surface area contributed by atoms with Gasteiger partial charge in [0.05, 0.1) is 0 Å². The lowest BCUT2D eigenvalue weighted by atomic mass is 9.98. The average Bonchev–Trinajstić information content (AvgIpc) is 1.59. The van der Waals surface area contributed by atoms with Crippen molar-refractivity contribution in [1.82, 2.24) is 0 Å². The minimum atomic E-state index is 1.12. The Kier molecular flexibility index (Phi) is 23.7. The highest BCUT2D eigenvalue weighted by molar-refractivity contribution is 7.28. The third kappa shape index (κ3) is 17.0. The van der Waals surface area contributed by atoms with Crippen LogP contribution >= 0.6 is 34.0 Å². The van der Waals surface area contributed by atoms with Crippen LogP contribution in [0.1, 0.15) is 0 Å². The van der Waals surface area contributed by atoms with Crippen molar-refractivity contribution in [3.05, 3.63) is 576 Å². The van der Waals surface area contributed by atoms with E-state index in [1.807, 2.05) is 34.0 Å². The zero-order chi connectivity index (χ0) is 99.3. The molecule has 3 aromatic heterocycles. The first-order valence-electron chi connectivity index (χ1n) is 51.2. The van der Waals surface area contributed by atoms with Crippen molar-refractivity contribution in [2.75, 3.05) is 14.7 Å². The van der Waals surface area contributed by atoms with Crippen LogP contribution in [0.15, 0.2) is 576 Å². The lowest BCUT2D eigenvalue weighted by molar-refractivity contribution is 1.28. The molecule has 6 heteroatoms. The van der Waals surface area contributed by atoms with Crippen molar-refractivity contribution in [3.63, 3.8) is 0 Å². The van der Waals surface area contributed by atoms with Crippen LogP contribution < -0.4 is 14.7 Å². The van der Waals surface area contributed by atoms with Crippen LogP contribution in [-0.4, -0.2) is 0 Å². The van der Waals surface area contributed by atoms with Crippen molar-refractivity contribution in [1.29, 1.82) is 0 Å². The van der Waals surface area contributed by atoms with Gasteiger partial charge in [0.1, 0.15) is 0 Å². The standard InChI is InChI=1S/2C50H33NS.C44H29NS/c1-3-10-34(11-4-1)35-18-20-36(21-19-35)37-24-29-42(30-25-37)51(41-13-5-2-6-14-41)43-31-26-39(27-32-43)45-16-9-17-46-47-33-28-40-23-22-38-12-7-8-15-44(38)48(40)50(47)52-49(45)46;1-3-10-34(11-4-1)36-20-27-41(28-21-36)51(42-29-22-37(23-30-42)35-12-5-2-6-13-35)43-31-24-39(25-32-43)45-16-9-17-46-47-33-26-40-19-18-38-14-7-8-15-44(38)48(40)50(47)52-49(45)46;1-3-10-30(11-4-1)31-20-25-36(26-21-31)45(35-13-5-2-6-14-35)37-27-22-33(23-28-37)39-16-9-17-40-41-29-24-34-19-18-32-12-7-8-15-38(32)42(34)44(41)46-43(39)40/h2*1-33H;1-29H. The lowest BCUT2D eigenvalue weighted by Crippen LogP contribution is -2.09. The maximum atomic E-state index is 2.35. The van der Waals surface area contributed by atoms with Crippen LogP contribution in [-0.2, 0) is 0 Å². The predicted octanol–water partition coefficient (Wildman–Crippen LogP) is 42.8. The molecule has 3 heterocycles. The summed E-state index contributed by atoms with van der Waals surface area (Å²) in [5, 5.41) is 23.7. The van der Waals surface area contributed by atoms with Crippen molar-refractivity contribution in [3.8, 4) is 89.0 Å². The minimum Gasteiger partial charge on any atom is -0.311 e. The lowest BCUT2D eigenvalue weighted by Gasteiger charge is -2.26. The Morgan fingerprint density at radius 2 is 0.267 bits per heavy atom. The van der Waals surface area contributed by atoms with Gasteiger partial charge in [0.25, 0.3) is 0 Å². The van der Waals surface area contributed by atoms with Crippen LogP contribution in [0.2, 0.25) is 0 Å². The Morgan fingerprint density at radius 3 is 0.507 bits per heavy atom. The third-order valence-corrected chi connectivity index (χ3v) is 33.4. The number of hydrogen-bond acceptors (Lipinski definition) is 6. The first-order chi connectivity index (χ1) is 74.4. The zero-order valence-corrected chi connectivity index (χ0v) is 84.4. The third-order valence-electron chi connectivity index (χ3n) is 29.6. The molecule has 0 aliphatic carbocycles. The summed E-state index contributed by atoms with van der Waals surface area (Å²) in [5.74, 6) is 0. The van der Waals surface area contributed by atoms with Gasteiger partial charge in [-0.2, -0.15) is 0 Å². The number of anilines is 9. The van der Waals surface area contributed by atoms with E-state index in [0.717, 1.165) is 51.2 Å². The van der Waals surface area contributed by atoms with Gasteiger partial charge in [-0.15, -0.1) is 34.0 Å². The molecule has 0 atom stereocenters. The van der Waals surface area contributed by atoms with Crippen molar-refractivity contribution < 1.29 is 0 Å². The molecule has 26 aromatic carbocycles. The normalized spacial score (nSPS) is 11.5. The van der Waals surface area contributed by atoms with E-state index in [1.54, 1.807) is 0 Å². The number of thiophene rings is 3. The van der Waals surface area contributed by atoms with E-state index >= 15 is 0 Å². The van der Waals surface area contributed by atoms with E-state index in [9.17, 15) is 0 Å². The van der Waals surface area contributed by atoms with Crippen LogP contribution in [0.5, 0.6) is 0 Å². The van der Waals surface area contributed by atoms with E-state index in [4.69, 9.17) is 0 Å². The summed E-state index contributed by atoms with van der Waals surface area (Å²) in [6.07, 6.45) is 0. The highest BCUT2D eigenvalue weighted by Gasteiger charge is 2.24. The fraction of sp³-hybridized carbons (Fsp3) is 0.